The van der Waals surface area contributed by atoms with Crippen LogP contribution in [0.2, 0.25) is 0 Å². The summed E-state index contributed by atoms with van der Waals surface area (Å²) in [5, 5.41) is 3.37. The number of ether oxygens (including phenoxy) is 1. The first-order valence-electron chi connectivity index (χ1n) is 8.06. The van der Waals surface area contributed by atoms with Gasteiger partial charge in [0.25, 0.3) is 0 Å². The van der Waals surface area contributed by atoms with Crippen LogP contribution >= 0.6 is 0 Å². The van der Waals surface area contributed by atoms with Gasteiger partial charge in [0.05, 0.1) is 13.2 Å². The minimum atomic E-state index is -0.206. The van der Waals surface area contributed by atoms with E-state index in [9.17, 15) is 4.39 Å². The van der Waals surface area contributed by atoms with E-state index in [-0.39, 0.29) is 5.82 Å². The average Bonchev–Trinajstić information content (AvgIpc) is 3.16. The van der Waals surface area contributed by atoms with Crippen molar-refractivity contribution < 1.29 is 9.13 Å². The summed E-state index contributed by atoms with van der Waals surface area (Å²) in [7, 11) is 0. The zero-order valence-corrected chi connectivity index (χ0v) is 13.1. The number of guanidine groups is 1. The largest absolute Gasteiger partial charge is 0.381 e. The molecule has 1 aromatic rings. The molecule has 1 N–H and O–H groups in total. The fourth-order valence-electron chi connectivity index (χ4n) is 3.27. The molecule has 0 saturated carbocycles. The number of aliphatic imine (C=N–C) groups is 1. The summed E-state index contributed by atoms with van der Waals surface area (Å²) >= 11 is 0. The molecule has 0 bridgehead atoms. The molecule has 2 heterocycles. The van der Waals surface area contributed by atoms with Crippen LogP contribution in [-0.4, -0.2) is 43.7 Å². The predicted octanol–water partition coefficient (Wildman–Crippen LogP) is 2.40. The fraction of sp³-hybridized carbons (Fsp3) is 0.588. The Morgan fingerprint density at radius 3 is 2.86 bits per heavy atom. The monoisotopic (exact) mass is 305 g/mol. The normalized spacial score (nSPS) is 25.2. The van der Waals surface area contributed by atoms with Crippen molar-refractivity contribution in [3.63, 3.8) is 0 Å². The number of nitrogens with zero attached hydrogens (tertiary/aromatic N) is 2. The molecule has 22 heavy (non-hydrogen) atoms. The first-order chi connectivity index (χ1) is 10.7. The molecule has 120 valence electrons. The molecule has 2 fully saturated rings. The molecule has 4 nitrogen and oxygen atoms in total. The lowest BCUT2D eigenvalue weighted by molar-refractivity contribution is 0.156. The number of nitrogens with one attached hydrogen (secondary N) is 1. The average molecular weight is 305 g/mol. The minimum Gasteiger partial charge on any atom is -0.381 e. The standard InChI is InChI=1S/C17H24FN3O/c1-2-19-16(20-11-14-3-5-15(18)6-4-14)21-9-7-17(12-21)8-10-22-13-17/h3-6H,2,7-13H2,1H3,(H,19,20). The van der Waals surface area contributed by atoms with Crippen molar-refractivity contribution in [1.82, 2.24) is 10.2 Å². The molecular weight excluding hydrogens is 281 g/mol. The Kier molecular flexibility index (Phi) is 4.62. The second kappa shape index (κ2) is 6.65. The fourth-order valence-corrected chi connectivity index (χ4v) is 3.27. The highest BCUT2D eigenvalue weighted by Crippen LogP contribution is 2.38. The quantitative estimate of drug-likeness (QED) is 0.688. The minimum absolute atomic E-state index is 0.206. The Morgan fingerprint density at radius 2 is 2.18 bits per heavy atom. The highest BCUT2D eigenvalue weighted by molar-refractivity contribution is 5.80. The third-order valence-corrected chi connectivity index (χ3v) is 4.58. The molecule has 1 atom stereocenters. The summed E-state index contributed by atoms with van der Waals surface area (Å²) in [4.78, 5) is 7.05. The molecule has 0 amide bonds. The summed E-state index contributed by atoms with van der Waals surface area (Å²) in [6.45, 7) is 7.31. The number of likely N-dealkylation sites (tertiary alicyclic amines) is 1. The van der Waals surface area contributed by atoms with Crippen molar-refractivity contribution in [2.75, 3.05) is 32.8 Å². The molecule has 0 aromatic heterocycles. The van der Waals surface area contributed by atoms with Crippen LogP contribution in [-0.2, 0) is 11.3 Å². The summed E-state index contributed by atoms with van der Waals surface area (Å²) in [6, 6.07) is 6.55. The maximum atomic E-state index is 13.0. The number of hydrogen-bond donors (Lipinski definition) is 1. The van der Waals surface area contributed by atoms with Gasteiger partial charge in [0.2, 0.25) is 0 Å². The smallest absolute Gasteiger partial charge is 0.194 e. The van der Waals surface area contributed by atoms with Crippen molar-refractivity contribution in [2.45, 2.75) is 26.3 Å². The lowest BCUT2D eigenvalue weighted by atomic mass is 9.87. The van der Waals surface area contributed by atoms with Crippen LogP contribution in [0.15, 0.2) is 29.3 Å². The van der Waals surface area contributed by atoms with E-state index in [1.54, 1.807) is 12.1 Å². The van der Waals surface area contributed by atoms with Crippen LogP contribution in [0, 0.1) is 11.2 Å². The molecule has 1 aromatic carbocycles. The van der Waals surface area contributed by atoms with E-state index in [1.165, 1.54) is 18.6 Å². The Bertz CT molecular complexity index is 523. The van der Waals surface area contributed by atoms with Gasteiger partial charge in [-0.15, -0.1) is 0 Å². The lowest BCUT2D eigenvalue weighted by Gasteiger charge is -2.25. The molecule has 2 saturated heterocycles. The molecule has 1 unspecified atom stereocenters. The topological polar surface area (TPSA) is 36.9 Å². The number of hydrogen-bond acceptors (Lipinski definition) is 2. The molecule has 2 aliphatic rings. The molecule has 2 aliphatic heterocycles. The van der Waals surface area contributed by atoms with Gasteiger partial charge < -0.3 is 15.0 Å². The lowest BCUT2D eigenvalue weighted by Crippen LogP contribution is -2.41. The van der Waals surface area contributed by atoms with Crippen molar-refractivity contribution in [3.05, 3.63) is 35.6 Å². The summed E-state index contributed by atoms with van der Waals surface area (Å²) in [5.41, 5.74) is 1.35. The molecule has 0 aliphatic carbocycles. The van der Waals surface area contributed by atoms with Crippen LogP contribution in [0.25, 0.3) is 0 Å². The predicted molar refractivity (Wildman–Crippen MR) is 85.3 cm³/mol. The number of halogens is 1. The van der Waals surface area contributed by atoms with Gasteiger partial charge >= 0.3 is 0 Å². The van der Waals surface area contributed by atoms with E-state index < -0.39 is 0 Å². The highest BCUT2D eigenvalue weighted by atomic mass is 19.1. The molecule has 5 heteroatoms. The van der Waals surface area contributed by atoms with Gasteiger partial charge in [-0.25, -0.2) is 9.38 Å². The SMILES string of the molecule is CCNC(=NCc1ccc(F)cc1)N1CCC2(CCOC2)C1. The maximum absolute atomic E-state index is 13.0. The van der Waals surface area contributed by atoms with E-state index >= 15 is 0 Å². The molecule has 3 rings (SSSR count). The van der Waals surface area contributed by atoms with Crippen molar-refractivity contribution in [3.8, 4) is 0 Å². The van der Waals surface area contributed by atoms with Crippen LogP contribution in [0.4, 0.5) is 4.39 Å². The number of benzene rings is 1. The second-order valence-corrected chi connectivity index (χ2v) is 6.27. The number of rotatable bonds is 3. The van der Waals surface area contributed by atoms with Gasteiger partial charge in [0, 0.05) is 31.7 Å². The van der Waals surface area contributed by atoms with Crippen LogP contribution in [0.1, 0.15) is 25.3 Å². The third kappa shape index (κ3) is 3.40. The summed E-state index contributed by atoms with van der Waals surface area (Å²) in [6.07, 6.45) is 2.33. The first-order valence-corrected chi connectivity index (χ1v) is 8.06. The zero-order chi connectivity index (χ0) is 15.4. The molecule has 1 spiro atoms. The first kappa shape index (κ1) is 15.3. The van der Waals surface area contributed by atoms with E-state index in [0.29, 0.717) is 12.0 Å². The molecular formula is C17H24FN3O. The van der Waals surface area contributed by atoms with Crippen LogP contribution in [0.3, 0.4) is 0 Å². The Morgan fingerprint density at radius 1 is 1.36 bits per heavy atom. The molecule has 0 radical (unpaired) electrons. The maximum Gasteiger partial charge on any atom is 0.194 e. The van der Waals surface area contributed by atoms with Gasteiger partial charge in [-0.05, 0) is 37.5 Å². The van der Waals surface area contributed by atoms with Gasteiger partial charge in [0.1, 0.15) is 5.82 Å². The van der Waals surface area contributed by atoms with Gasteiger partial charge in [-0.1, -0.05) is 12.1 Å². The van der Waals surface area contributed by atoms with Crippen molar-refractivity contribution >= 4 is 5.96 Å². The zero-order valence-electron chi connectivity index (χ0n) is 13.1. The van der Waals surface area contributed by atoms with E-state index in [4.69, 9.17) is 9.73 Å². The third-order valence-electron chi connectivity index (χ3n) is 4.58. The van der Waals surface area contributed by atoms with Gasteiger partial charge in [0.15, 0.2) is 5.96 Å². The van der Waals surface area contributed by atoms with E-state index in [1.807, 2.05) is 0 Å². The Balaban J connectivity index is 1.67. The van der Waals surface area contributed by atoms with E-state index in [2.05, 4.69) is 17.1 Å². The van der Waals surface area contributed by atoms with Crippen molar-refractivity contribution in [2.24, 2.45) is 10.4 Å². The van der Waals surface area contributed by atoms with Crippen LogP contribution in [0.5, 0.6) is 0 Å². The Hall–Kier alpha value is -1.62. The summed E-state index contributed by atoms with van der Waals surface area (Å²) < 4.78 is 18.5. The Labute approximate surface area is 131 Å². The summed E-state index contributed by atoms with van der Waals surface area (Å²) in [5.74, 6) is 0.748. The highest BCUT2D eigenvalue weighted by Gasteiger charge is 2.42. The van der Waals surface area contributed by atoms with E-state index in [0.717, 1.165) is 50.8 Å². The van der Waals surface area contributed by atoms with Crippen LogP contribution < -0.4 is 5.32 Å². The van der Waals surface area contributed by atoms with Gasteiger partial charge in [-0.3, -0.25) is 0 Å². The van der Waals surface area contributed by atoms with Crippen molar-refractivity contribution in [1.29, 1.82) is 0 Å². The second-order valence-electron chi connectivity index (χ2n) is 6.27. The van der Waals surface area contributed by atoms with Gasteiger partial charge in [-0.2, -0.15) is 0 Å².